The SMILES string of the molecule is C#C[C@@H](C)N(C)[C@@H](C(=O)OCc1ccccc1)C1=Cc2ccc(OC)cc2CC1. The summed E-state index contributed by atoms with van der Waals surface area (Å²) < 4.78 is 11.0. The standard InChI is InChI=1S/C25H27NO3/c1-5-18(2)26(3)24(25(27)29-17-19-9-7-6-8-10-19)22-12-11-21-16-23(28-4)14-13-20(21)15-22/h1,6-10,13-16,18,24H,11-12,17H2,2-4H3/t18-,24-/m1/s1. The zero-order valence-electron chi connectivity index (χ0n) is 17.2. The zero-order chi connectivity index (χ0) is 20.8. The van der Waals surface area contributed by atoms with Gasteiger partial charge in [0.2, 0.25) is 0 Å². The molecule has 2 aromatic carbocycles. The summed E-state index contributed by atoms with van der Waals surface area (Å²) in [6.45, 7) is 2.16. The lowest BCUT2D eigenvalue weighted by Crippen LogP contribution is -2.45. The lowest BCUT2D eigenvalue weighted by atomic mass is 9.87. The Bertz CT molecular complexity index is 927. The van der Waals surface area contributed by atoms with Crippen LogP contribution in [-0.2, 0) is 22.6 Å². The van der Waals surface area contributed by atoms with Crippen molar-refractivity contribution >= 4 is 12.0 Å². The average Bonchev–Trinajstić information content (AvgIpc) is 2.77. The minimum absolute atomic E-state index is 0.192. The fourth-order valence-electron chi connectivity index (χ4n) is 3.56. The van der Waals surface area contributed by atoms with E-state index < -0.39 is 6.04 Å². The molecule has 0 amide bonds. The molecule has 0 radical (unpaired) electrons. The molecule has 29 heavy (non-hydrogen) atoms. The predicted octanol–water partition coefficient (Wildman–Crippen LogP) is 4.09. The molecule has 0 heterocycles. The number of methoxy groups -OCH3 is 1. The Labute approximate surface area is 173 Å². The van der Waals surface area contributed by atoms with Gasteiger partial charge in [0, 0.05) is 0 Å². The van der Waals surface area contributed by atoms with E-state index in [1.54, 1.807) is 7.11 Å². The topological polar surface area (TPSA) is 38.8 Å². The van der Waals surface area contributed by atoms with E-state index in [-0.39, 0.29) is 18.6 Å². The van der Waals surface area contributed by atoms with Gasteiger partial charge < -0.3 is 9.47 Å². The van der Waals surface area contributed by atoms with Crippen molar-refractivity contribution in [2.75, 3.05) is 14.2 Å². The van der Waals surface area contributed by atoms with Crippen LogP contribution in [0.15, 0.2) is 54.1 Å². The first-order valence-electron chi connectivity index (χ1n) is 9.79. The second kappa shape index (κ2) is 9.45. The maximum absolute atomic E-state index is 13.1. The van der Waals surface area contributed by atoms with Gasteiger partial charge >= 0.3 is 5.97 Å². The summed E-state index contributed by atoms with van der Waals surface area (Å²) in [7, 11) is 3.55. The van der Waals surface area contributed by atoms with Crippen LogP contribution in [0.25, 0.3) is 6.08 Å². The number of carbonyl (C=O) groups is 1. The third kappa shape index (κ3) is 4.88. The van der Waals surface area contributed by atoms with E-state index in [1.807, 2.05) is 61.3 Å². The van der Waals surface area contributed by atoms with Crippen LogP contribution in [0.1, 0.15) is 30.0 Å². The molecule has 0 bridgehead atoms. The molecule has 0 saturated heterocycles. The number of carbonyl (C=O) groups excluding carboxylic acids is 1. The molecule has 1 aliphatic rings. The van der Waals surface area contributed by atoms with Crippen LogP contribution in [0.2, 0.25) is 0 Å². The van der Waals surface area contributed by atoms with Crippen molar-refractivity contribution in [3.8, 4) is 18.1 Å². The summed E-state index contributed by atoms with van der Waals surface area (Å²) in [5.41, 5.74) is 4.31. The second-order valence-corrected chi connectivity index (χ2v) is 7.29. The van der Waals surface area contributed by atoms with Crippen LogP contribution >= 0.6 is 0 Å². The Balaban J connectivity index is 1.86. The highest BCUT2D eigenvalue weighted by atomic mass is 16.5. The molecule has 0 spiro atoms. The fourth-order valence-corrected chi connectivity index (χ4v) is 3.56. The van der Waals surface area contributed by atoms with Gasteiger partial charge in [0.1, 0.15) is 18.4 Å². The summed E-state index contributed by atoms with van der Waals surface area (Å²) in [5.74, 6) is 3.29. The number of rotatable bonds is 7. The van der Waals surface area contributed by atoms with E-state index in [1.165, 1.54) is 5.56 Å². The number of nitrogens with zero attached hydrogens (tertiary/aromatic N) is 1. The van der Waals surface area contributed by atoms with Gasteiger partial charge in [-0.3, -0.25) is 4.90 Å². The number of esters is 1. The number of aryl methyl sites for hydroxylation is 1. The predicted molar refractivity (Wildman–Crippen MR) is 115 cm³/mol. The summed E-state index contributed by atoms with van der Waals surface area (Å²) in [4.78, 5) is 15.0. The molecule has 0 N–H and O–H groups in total. The highest BCUT2D eigenvalue weighted by molar-refractivity contribution is 5.82. The van der Waals surface area contributed by atoms with Gasteiger partial charge in [0.05, 0.1) is 13.2 Å². The molecule has 4 nitrogen and oxygen atoms in total. The normalized spacial score (nSPS) is 14.9. The maximum atomic E-state index is 13.1. The molecule has 4 heteroatoms. The lowest BCUT2D eigenvalue weighted by Gasteiger charge is -2.32. The summed E-state index contributed by atoms with van der Waals surface area (Å²) in [5, 5.41) is 0. The van der Waals surface area contributed by atoms with Gasteiger partial charge in [-0.15, -0.1) is 6.42 Å². The zero-order valence-corrected chi connectivity index (χ0v) is 17.2. The Morgan fingerprint density at radius 2 is 1.97 bits per heavy atom. The molecule has 0 fully saturated rings. The quantitative estimate of drug-likeness (QED) is 0.528. The smallest absolute Gasteiger partial charge is 0.328 e. The first-order valence-corrected chi connectivity index (χ1v) is 9.79. The summed E-state index contributed by atoms with van der Waals surface area (Å²) in [6.07, 6.45) is 9.34. The number of fused-ring (bicyclic) bond motifs is 1. The van der Waals surface area contributed by atoms with Crippen LogP contribution < -0.4 is 4.74 Å². The van der Waals surface area contributed by atoms with Crippen molar-refractivity contribution in [3.63, 3.8) is 0 Å². The van der Waals surface area contributed by atoms with Crippen molar-refractivity contribution in [1.29, 1.82) is 0 Å². The highest BCUT2D eigenvalue weighted by Crippen LogP contribution is 2.31. The number of benzene rings is 2. The minimum atomic E-state index is -0.514. The molecule has 0 unspecified atom stereocenters. The highest BCUT2D eigenvalue weighted by Gasteiger charge is 2.32. The van der Waals surface area contributed by atoms with E-state index in [4.69, 9.17) is 15.9 Å². The third-order valence-electron chi connectivity index (χ3n) is 5.43. The lowest BCUT2D eigenvalue weighted by molar-refractivity contribution is -0.149. The molecular weight excluding hydrogens is 362 g/mol. The molecule has 1 aliphatic carbocycles. The van der Waals surface area contributed by atoms with Crippen molar-refractivity contribution in [2.45, 2.75) is 38.5 Å². The van der Waals surface area contributed by atoms with E-state index in [2.05, 4.69) is 18.1 Å². The Kier molecular flexibility index (Phi) is 6.74. The van der Waals surface area contributed by atoms with Gasteiger partial charge in [-0.05, 0) is 61.2 Å². The molecule has 2 atom stereocenters. The van der Waals surface area contributed by atoms with Gasteiger partial charge in [-0.2, -0.15) is 0 Å². The minimum Gasteiger partial charge on any atom is -0.497 e. The fraction of sp³-hybridized carbons (Fsp3) is 0.320. The first-order chi connectivity index (χ1) is 14.0. The number of likely N-dealkylation sites (N-methyl/N-ethyl adjacent to an activating group) is 1. The maximum Gasteiger partial charge on any atom is 0.328 e. The van der Waals surface area contributed by atoms with Gasteiger partial charge in [-0.1, -0.05) is 48.4 Å². The Morgan fingerprint density at radius 1 is 1.21 bits per heavy atom. The monoisotopic (exact) mass is 389 g/mol. The largest absolute Gasteiger partial charge is 0.497 e. The average molecular weight is 389 g/mol. The second-order valence-electron chi connectivity index (χ2n) is 7.29. The molecule has 0 aromatic heterocycles. The Morgan fingerprint density at radius 3 is 2.66 bits per heavy atom. The van der Waals surface area contributed by atoms with Crippen LogP contribution in [0.3, 0.4) is 0 Å². The Hall–Kier alpha value is -3.03. The molecule has 2 aromatic rings. The number of hydrogen-bond donors (Lipinski definition) is 0. The third-order valence-corrected chi connectivity index (χ3v) is 5.43. The van der Waals surface area contributed by atoms with Crippen LogP contribution in [0, 0.1) is 12.3 Å². The van der Waals surface area contributed by atoms with Crippen molar-refractivity contribution in [3.05, 3.63) is 70.8 Å². The number of ether oxygens (including phenoxy) is 2. The molecular formula is C25H27NO3. The van der Waals surface area contributed by atoms with Crippen LogP contribution in [-0.4, -0.2) is 37.1 Å². The van der Waals surface area contributed by atoms with Gasteiger partial charge in [0.25, 0.3) is 0 Å². The van der Waals surface area contributed by atoms with E-state index in [9.17, 15) is 4.79 Å². The van der Waals surface area contributed by atoms with E-state index in [0.29, 0.717) is 0 Å². The number of terminal acetylenes is 1. The summed E-state index contributed by atoms with van der Waals surface area (Å²) >= 11 is 0. The van der Waals surface area contributed by atoms with Crippen LogP contribution in [0.5, 0.6) is 5.75 Å². The molecule has 0 aliphatic heterocycles. The molecule has 3 rings (SSSR count). The van der Waals surface area contributed by atoms with Crippen molar-refractivity contribution in [2.24, 2.45) is 0 Å². The molecule has 150 valence electrons. The number of hydrogen-bond acceptors (Lipinski definition) is 4. The van der Waals surface area contributed by atoms with Crippen molar-refractivity contribution in [1.82, 2.24) is 4.90 Å². The van der Waals surface area contributed by atoms with Crippen LogP contribution in [0.4, 0.5) is 0 Å². The molecule has 0 saturated carbocycles. The van der Waals surface area contributed by atoms with Gasteiger partial charge in [-0.25, -0.2) is 4.79 Å². The first kappa shape index (κ1) is 20.7. The van der Waals surface area contributed by atoms with Gasteiger partial charge in [0.15, 0.2) is 0 Å². The summed E-state index contributed by atoms with van der Waals surface area (Å²) in [6, 6.07) is 15.0. The van der Waals surface area contributed by atoms with E-state index >= 15 is 0 Å². The van der Waals surface area contributed by atoms with Crippen molar-refractivity contribution < 1.29 is 14.3 Å². The van der Waals surface area contributed by atoms with E-state index in [0.717, 1.165) is 35.3 Å².